The number of allylic oxidation sites excluding steroid dienone is 3. The molecule has 0 atom stereocenters. The molecule has 0 bridgehead atoms. The van der Waals surface area contributed by atoms with Crippen molar-refractivity contribution >= 4 is 81.2 Å². The normalized spacial score (nSPS) is 13.5. The number of nitrogens with one attached hydrogen (secondary N) is 2. The Morgan fingerprint density at radius 2 is 1.49 bits per heavy atom. The van der Waals surface area contributed by atoms with Gasteiger partial charge in [-0.25, -0.2) is 0 Å². The molecule has 0 fully saturated rings. The third-order valence-corrected chi connectivity index (χ3v) is 8.35. The molecule has 14 heteroatoms. The van der Waals surface area contributed by atoms with Crippen molar-refractivity contribution in [3.63, 3.8) is 0 Å². The molecule has 1 aliphatic rings. The molecule has 6 rings (SSSR count). The number of amides is 1. The molecule has 226 valence electrons. The topological polar surface area (TPSA) is 136 Å². The number of carbonyl (C=O) groups is 1. The van der Waals surface area contributed by atoms with E-state index in [2.05, 4.69) is 20.2 Å². The van der Waals surface area contributed by atoms with Crippen molar-refractivity contribution in [3.8, 4) is 11.6 Å². The number of aryl methyl sites for hydroxylation is 1. The van der Waals surface area contributed by atoms with E-state index in [1.807, 2.05) is 0 Å². The fourth-order valence-electron chi connectivity index (χ4n) is 5.03. The van der Waals surface area contributed by atoms with Gasteiger partial charge < -0.3 is 15.1 Å². The van der Waals surface area contributed by atoms with Crippen molar-refractivity contribution < 1.29 is 9.90 Å². The number of aromatic amines is 2. The molecule has 4 heterocycles. The van der Waals surface area contributed by atoms with Crippen LogP contribution < -0.4 is 26.8 Å². The van der Waals surface area contributed by atoms with Gasteiger partial charge in [0.15, 0.2) is 11.1 Å². The minimum atomic E-state index is -0.462. The zero-order chi connectivity index (χ0) is 32.2. The summed E-state index contributed by atoms with van der Waals surface area (Å²) in [5.41, 5.74) is 1.51. The molecule has 0 aliphatic carbocycles. The van der Waals surface area contributed by atoms with E-state index in [9.17, 15) is 19.5 Å². The predicted octanol–water partition coefficient (Wildman–Crippen LogP) is 5.58. The first-order chi connectivity index (χ1) is 21.5. The fourth-order valence-corrected chi connectivity index (χ4v) is 5.75. The minimum absolute atomic E-state index is 0.119. The lowest BCUT2D eigenvalue weighted by molar-refractivity contribution is 0.0994. The van der Waals surface area contributed by atoms with Crippen molar-refractivity contribution in [3.05, 3.63) is 128 Å². The van der Waals surface area contributed by atoms with Gasteiger partial charge in [0.2, 0.25) is 5.88 Å². The van der Waals surface area contributed by atoms with Crippen LogP contribution in [0.5, 0.6) is 5.88 Å². The Hall–Kier alpha value is -4.61. The molecule has 10 nitrogen and oxygen atoms in total. The van der Waals surface area contributed by atoms with Gasteiger partial charge in [-0.3, -0.25) is 14.4 Å². The molecule has 45 heavy (non-hydrogen) atoms. The number of hydrogen-bond acceptors (Lipinski definition) is 6. The number of fused-ring (bicyclic) bond motifs is 2. The summed E-state index contributed by atoms with van der Waals surface area (Å²) >= 11 is 24.8. The van der Waals surface area contributed by atoms with Crippen LogP contribution in [0, 0.1) is 13.8 Å². The van der Waals surface area contributed by atoms with E-state index in [-0.39, 0.29) is 38.4 Å². The molecule has 3 aromatic heterocycles. The number of H-pyrrole nitrogens is 2. The smallest absolute Gasteiger partial charge is 0.282 e. The number of rotatable bonds is 5. The summed E-state index contributed by atoms with van der Waals surface area (Å²) in [5, 5.41) is 22.6. The lowest BCUT2D eigenvalue weighted by Gasteiger charge is -2.14. The van der Waals surface area contributed by atoms with Gasteiger partial charge >= 0.3 is 0 Å². The highest BCUT2D eigenvalue weighted by molar-refractivity contribution is 6.36. The average Bonchev–Trinajstić information content (AvgIpc) is 3.49. The second-order valence-electron chi connectivity index (χ2n) is 9.99. The Labute approximate surface area is 273 Å². The van der Waals surface area contributed by atoms with Crippen LogP contribution in [-0.4, -0.2) is 30.8 Å². The number of hydrogen-bond donors (Lipinski definition) is 3. The monoisotopic (exact) mass is 680 g/mol. The Morgan fingerprint density at radius 3 is 2.20 bits per heavy atom. The van der Waals surface area contributed by atoms with Gasteiger partial charge in [-0.15, -0.1) is 10.2 Å². The van der Waals surface area contributed by atoms with Crippen LogP contribution in [-0.2, 0) is 0 Å². The maximum absolute atomic E-state index is 13.3. The zero-order valence-electron chi connectivity index (χ0n) is 23.3. The Bertz CT molecular complexity index is 2390. The van der Waals surface area contributed by atoms with Crippen LogP contribution in [0.3, 0.4) is 0 Å². The predicted molar refractivity (Wildman–Crippen MR) is 177 cm³/mol. The number of aromatic nitrogens is 4. The molecular formula is C31H20Cl4N6O4. The van der Waals surface area contributed by atoms with E-state index in [1.165, 1.54) is 10.7 Å². The van der Waals surface area contributed by atoms with Crippen LogP contribution in [0.25, 0.3) is 28.9 Å². The zero-order valence-corrected chi connectivity index (χ0v) is 26.3. The van der Waals surface area contributed by atoms with Crippen molar-refractivity contribution in [2.45, 2.75) is 13.8 Å². The first-order valence-electron chi connectivity index (χ1n) is 13.2. The van der Waals surface area contributed by atoms with Crippen LogP contribution in [0.4, 0.5) is 5.69 Å². The number of pyridine rings is 2. The molecule has 0 unspecified atom stereocenters. The van der Waals surface area contributed by atoms with Gasteiger partial charge in [-0.2, -0.15) is 9.69 Å². The Kier molecular flexibility index (Phi) is 7.92. The average molecular weight is 682 g/mol. The third-order valence-electron chi connectivity index (χ3n) is 7.24. The molecule has 2 aromatic carbocycles. The van der Waals surface area contributed by atoms with E-state index in [0.29, 0.717) is 43.0 Å². The van der Waals surface area contributed by atoms with Gasteiger partial charge in [-0.05, 0) is 73.5 Å². The van der Waals surface area contributed by atoms with Gasteiger partial charge in [0, 0.05) is 20.8 Å². The molecule has 5 aromatic rings. The number of halogens is 4. The highest BCUT2D eigenvalue weighted by atomic mass is 35.5. The summed E-state index contributed by atoms with van der Waals surface area (Å²) in [5.74, 6) is -0.680. The molecule has 3 N–H and O–H groups in total. The van der Waals surface area contributed by atoms with Crippen LogP contribution >= 0.6 is 46.4 Å². The van der Waals surface area contributed by atoms with E-state index in [1.54, 1.807) is 74.6 Å². The highest BCUT2D eigenvalue weighted by Gasteiger charge is 2.30. The lowest BCUT2D eigenvalue weighted by Crippen LogP contribution is -2.38. The van der Waals surface area contributed by atoms with E-state index in [0.717, 1.165) is 5.01 Å². The van der Waals surface area contributed by atoms with Crippen molar-refractivity contribution in [1.82, 2.24) is 19.7 Å². The lowest BCUT2D eigenvalue weighted by atomic mass is 10.1. The van der Waals surface area contributed by atoms with Crippen LogP contribution in [0.15, 0.2) is 69.3 Å². The van der Waals surface area contributed by atoms with Gasteiger partial charge in [-0.1, -0.05) is 64.6 Å². The number of nitrogens with zero attached hydrogens (tertiary/aromatic N) is 4. The summed E-state index contributed by atoms with van der Waals surface area (Å²) in [4.78, 5) is 44.4. The highest BCUT2D eigenvalue weighted by Crippen LogP contribution is 2.34. The van der Waals surface area contributed by atoms with Gasteiger partial charge in [0.05, 0.1) is 32.4 Å². The fraction of sp³-hybridized carbons (Fsp3) is 0.0645. The number of benzene rings is 2. The van der Waals surface area contributed by atoms with Crippen molar-refractivity contribution in [2.75, 3.05) is 5.01 Å². The summed E-state index contributed by atoms with van der Waals surface area (Å²) in [6.45, 7) is 3.34. The second-order valence-corrected chi connectivity index (χ2v) is 11.7. The molecule has 1 aliphatic heterocycles. The van der Waals surface area contributed by atoms with Gasteiger partial charge in [0.25, 0.3) is 17.0 Å². The second kappa shape index (κ2) is 11.7. The van der Waals surface area contributed by atoms with Crippen molar-refractivity contribution in [1.29, 1.82) is 0 Å². The Morgan fingerprint density at radius 1 is 0.822 bits per heavy atom. The summed E-state index contributed by atoms with van der Waals surface area (Å²) in [6, 6.07) is 9.40. The SMILES string of the molecule is Cc1c2c([nH]c(=O)/c1=C/C=CC=Cc1c(C)c3c(O)n(-c4cc(Cl)ccc4Cl)nc3[nH]c1=O)=NN(c1cc(Cl)ccc1Cl)C2=O. The summed E-state index contributed by atoms with van der Waals surface area (Å²) < 4.78 is 1.21. The molecule has 1 amide bonds. The van der Waals surface area contributed by atoms with E-state index >= 15 is 0 Å². The van der Waals surface area contributed by atoms with Crippen LogP contribution in [0.1, 0.15) is 27.0 Å². The third kappa shape index (κ3) is 5.36. The molecule has 0 spiro atoms. The number of aromatic hydroxyl groups is 1. The van der Waals surface area contributed by atoms with Gasteiger partial charge in [0.1, 0.15) is 0 Å². The number of carbonyl (C=O) groups excluding carboxylic acids is 1. The minimum Gasteiger partial charge on any atom is -0.493 e. The molecule has 0 saturated heterocycles. The van der Waals surface area contributed by atoms with E-state index in [4.69, 9.17) is 46.4 Å². The first kappa shape index (κ1) is 30.4. The van der Waals surface area contributed by atoms with Crippen LogP contribution in [0.2, 0.25) is 20.1 Å². The quantitative estimate of drug-likeness (QED) is 0.208. The van der Waals surface area contributed by atoms with E-state index < -0.39 is 17.0 Å². The maximum Gasteiger partial charge on any atom is 0.282 e. The Balaban J connectivity index is 1.31. The molecule has 0 radical (unpaired) electrons. The largest absolute Gasteiger partial charge is 0.493 e. The molecular weight excluding hydrogens is 662 g/mol. The standard InChI is InChI=1S/C31H20Cl4N6O4/c1-14-18(28(42)36-26-24(14)30(44)40(38-26)22-12-16(32)8-10-20(22)34)6-4-3-5-7-19-15(2)25-27(37-29(19)43)39-41(31(25)45)23-13-17(33)9-11-21(23)35/h3-13,44H,1-2H3,(H,36,38,42)(H,37,39,43)/b5-3?,6-4?,19-7+. The van der Waals surface area contributed by atoms with Crippen molar-refractivity contribution in [2.24, 2.45) is 5.10 Å². The number of anilines is 1. The first-order valence-corrected chi connectivity index (χ1v) is 14.7. The molecule has 0 saturated carbocycles. The summed E-state index contributed by atoms with van der Waals surface area (Å²) in [7, 11) is 0. The summed E-state index contributed by atoms with van der Waals surface area (Å²) in [6.07, 6.45) is 7.94. The maximum atomic E-state index is 13.3.